The molecule has 0 aliphatic carbocycles. The van der Waals surface area contributed by atoms with Gasteiger partial charge >= 0.3 is 0 Å². The standard InChI is InChI=1S/C24H28N4S/c1-16(2)28-23(22(26-24(28)29)21-12-8-9-13-25-21)20-14-17(3)27(18(20)4)15-19-10-6-5-7-11-19/h5-14,16,22-23H,15H2,1-4H3,(H,26,29)/t22-,23+/m1/s1. The van der Waals surface area contributed by atoms with Crippen molar-refractivity contribution < 1.29 is 0 Å². The molecule has 1 fully saturated rings. The molecular formula is C24H28N4S. The van der Waals surface area contributed by atoms with E-state index in [1.807, 2.05) is 18.3 Å². The Morgan fingerprint density at radius 1 is 1.07 bits per heavy atom. The zero-order chi connectivity index (χ0) is 20.5. The Bertz CT molecular complexity index is 994. The largest absolute Gasteiger partial charge is 0.352 e. The highest BCUT2D eigenvalue weighted by atomic mass is 32.1. The summed E-state index contributed by atoms with van der Waals surface area (Å²) in [6, 6.07) is 19.5. The van der Waals surface area contributed by atoms with Crippen molar-refractivity contribution in [2.75, 3.05) is 0 Å². The molecule has 4 rings (SSSR count). The molecule has 2 atom stereocenters. The molecule has 4 nitrogen and oxygen atoms in total. The quantitative estimate of drug-likeness (QED) is 0.611. The molecule has 0 unspecified atom stereocenters. The predicted molar refractivity (Wildman–Crippen MR) is 122 cm³/mol. The Kier molecular flexibility index (Phi) is 5.41. The van der Waals surface area contributed by atoms with E-state index in [-0.39, 0.29) is 12.1 Å². The molecule has 3 heterocycles. The lowest BCUT2D eigenvalue weighted by atomic mass is 9.96. The van der Waals surface area contributed by atoms with Gasteiger partial charge in [-0.15, -0.1) is 0 Å². The molecule has 1 aromatic carbocycles. The molecule has 1 saturated heterocycles. The minimum absolute atomic E-state index is 0.0387. The van der Waals surface area contributed by atoms with Crippen LogP contribution in [0.15, 0.2) is 60.8 Å². The van der Waals surface area contributed by atoms with Crippen molar-refractivity contribution in [3.05, 3.63) is 89.0 Å². The van der Waals surface area contributed by atoms with Gasteiger partial charge in [0.25, 0.3) is 0 Å². The fourth-order valence-corrected chi connectivity index (χ4v) is 4.84. The lowest BCUT2D eigenvalue weighted by Crippen LogP contribution is -2.35. The van der Waals surface area contributed by atoms with Gasteiger partial charge in [-0.25, -0.2) is 0 Å². The number of rotatable bonds is 5. The average molecular weight is 405 g/mol. The topological polar surface area (TPSA) is 33.1 Å². The fourth-order valence-electron chi connectivity index (χ4n) is 4.39. The number of nitrogens with one attached hydrogen (secondary N) is 1. The minimum atomic E-state index is 0.0387. The van der Waals surface area contributed by atoms with Gasteiger partial charge in [0, 0.05) is 30.2 Å². The number of aromatic nitrogens is 2. The van der Waals surface area contributed by atoms with Crippen molar-refractivity contribution >= 4 is 17.3 Å². The zero-order valence-electron chi connectivity index (χ0n) is 17.5. The van der Waals surface area contributed by atoms with Crippen molar-refractivity contribution in [3.63, 3.8) is 0 Å². The molecule has 1 N–H and O–H groups in total. The number of hydrogen-bond acceptors (Lipinski definition) is 2. The van der Waals surface area contributed by atoms with Crippen LogP contribution in [0.4, 0.5) is 0 Å². The molecule has 0 bridgehead atoms. The summed E-state index contributed by atoms with van der Waals surface area (Å²) in [5.41, 5.74) is 6.20. The second-order valence-corrected chi connectivity index (χ2v) is 8.41. The first-order valence-electron chi connectivity index (χ1n) is 10.2. The van der Waals surface area contributed by atoms with Crippen LogP contribution in [0.25, 0.3) is 0 Å². The second-order valence-electron chi connectivity index (χ2n) is 8.03. The van der Waals surface area contributed by atoms with Gasteiger partial charge in [-0.05, 0) is 69.2 Å². The van der Waals surface area contributed by atoms with E-state index in [9.17, 15) is 0 Å². The zero-order valence-corrected chi connectivity index (χ0v) is 18.3. The maximum Gasteiger partial charge on any atom is 0.170 e. The molecule has 0 spiro atoms. The van der Waals surface area contributed by atoms with Gasteiger partial charge in [-0.1, -0.05) is 36.4 Å². The minimum Gasteiger partial charge on any atom is -0.352 e. The molecule has 0 amide bonds. The summed E-state index contributed by atoms with van der Waals surface area (Å²) in [6.45, 7) is 9.69. The van der Waals surface area contributed by atoms with Gasteiger partial charge in [-0.2, -0.15) is 0 Å². The van der Waals surface area contributed by atoms with Crippen molar-refractivity contribution in [1.82, 2.24) is 19.8 Å². The summed E-state index contributed by atoms with van der Waals surface area (Å²) in [4.78, 5) is 6.96. The number of aryl methyl sites for hydroxylation is 1. The van der Waals surface area contributed by atoms with Crippen molar-refractivity contribution in [2.45, 2.75) is 52.4 Å². The molecule has 5 heteroatoms. The molecule has 29 heavy (non-hydrogen) atoms. The highest BCUT2D eigenvalue weighted by molar-refractivity contribution is 7.80. The van der Waals surface area contributed by atoms with Gasteiger partial charge < -0.3 is 14.8 Å². The third kappa shape index (κ3) is 3.67. The normalized spacial score (nSPS) is 19.1. The first-order valence-corrected chi connectivity index (χ1v) is 10.6. The van der Waals surface area contributed by atoms with Gasteiger partial charge in [0.05, 0.1) is 17.8 Å². The van der Waals surface area contributed by atoms with E-state index in [1.165, 1.54) is 22.5 Å². The van der Waals surface area contributed by atoms with E-state index in [4.69, 9.17) is 12.2 Å². The Labute approximate surface area is 178 Å². The number of thiocarbonyl (C=S) groups is 1. The molecular weight excluding hydrogens is 376 g/mol. The maximum atomic E-state index is 5.74. The van der Waals surface area contributed by atoms with Gasteiger partial charge in [0.2, 0.25) is 0 Å². The van der Waals surface area contributed by atoms with E-state index < -0.39 is 0 Å². The number of nitrogens with zero attached hydrogens (tertiary/aromatic N) is 3. The lowest BCUT2D eigenvalue weighted by molar-refractivity contribution is 0.268. The van der Waals surface area contributed by atoms with Crippen molar-refractivity contribution in [3.8, 4) is 0 Å². The highest BCUT2D eigenvalue weighted by Gasteiger charge is 2.42. The Morgan fingerprint density at radius 2 is 1.79 bits per heavy atom. The Hall–Kier alpha value is -2.66. The fraction of sp³-hybridized carbons (Fsp3) is 0.333. The summed E-state index contributed by atoms with van der Waals surface area (Å²) < 4.78 is 2.40. The number of hydrogen-bond donors (Lipinski definition) is 1. The van der Waals surface area contributed by atoms with Crippen LogP contribution in [0.5, 0.6) is 0 Å². The third-order valence-electron chi connectivity index (χ3n) is 5.81. The van der Waals surface area contributed by atoms with Crippen LogP contribution in [0.1, 0.15) is 54.1 Å². The van der Waals surface area contributed by atoms with Crippen LogP contribution in [0.2, 0.25) is 0 Å². The molecule has 1 aliphatic rings. The van der Waals surface area contributed by atoms with Crippen molar-refractivity contribution in [2.24, 2.45) is 0 Å². The van der Waals surface area contributed by atoms with Crippen LogP contribution in [-0.2, 0) is 6.54 Å². The first kappa shape index (κ1) is 19.6. The maximum absolute atomic E-state index is 5.74. The van der Waals surface area contributed by atoms with E-state index in [1.54, 1.807) is 0 Å². The van der Waals surface area contributed by atoms with E-state index in [2.05, 4.69) is 89.9 Å². The number of benzene rings is 1. The molecule has 0 radical (unpaired) electrons. The smallest absolute Gasteiger partial charge is 0.170 e. The summed E-state index contributed by atoms with van der Waals surface area (Å²) in [5.74, 6) is 0. The van der Waals surface area contributed by atoms with Crippen LogP contribution in [-0.4, -0.2) is 25.6 Å². The molecule has 1 aliphatic heterocycles. The van der Waals surface area contributed by atoms with Crippen LogP contribution in [0, 0.1) is 13.8 Å². The van der Waals surface area contributed by atoms with Crippen LogP contribution < -0.4 is 5.32 Å². The SMILES string of the molecule is Cc1cc([C@H]2[C@@H](c3ccccn3)NC(=S)N2C(C)C)c(C)n1Cc1ccccc1. The average Bonchev–Trinajstić information content (AvgIpc) is 3.20. The summed E-state index contributed by atoms with van der Waals surface area (Å²) in [7, 11) is 0. The predicted octanol–water partition coefficient (Wildman–Crippen LogP) is 4.93. The first-order chi connectivity index (χ1) is 14.0. The van der Waals surface area contributed by atoms with E-state index in [0.717, 1.165) is 17.4 Å². The van der Waals surface area contributed by atoms with E-state index >= 15 is 0 Å². The van der Waals surface area contributed by atoms with Gasteiger partial charge in [0.1, 0.15) is 0 Å². The summed E-state index contributed by atoms with van der Waals surface area (Å²) in [6.07, 6.45) is 1.85. The monoisotopic (exact) mass is 404 g/mol. The molecule has 3 aromatic rings. The summed E-state index contributed by atoms with van der Waals surface area (Å²) >= 11 is 5.74. The van der Waals surface area contributed by atoms with Gasteiger partial charge in [-0.3, -0.25) is 4.98 Å². The van der Waals surface area contributed by atoms with Crippen molar-refractivity contribution in [1.29, 1.82) is 0 Å². The summed E-state index contributed by atoms with van der Waals surface area (Å²) in [5, 5.41) is 4.34. The Balaban J connectivity index is 1.77. The Morgan fingerprint density at radius 3 is 2.45 bits per heavy atom. The second kappa shape index (κ2) is 7.99. The number of pyridine rings is 1. The van der Waals surface area contributed by atoms with Crippen LogP contribution >= 0.6 is 12.2 Å². The lowest BCUT2D eigenvalue weighted by Gasteiger charge is -2.31. The van der Waals surface area contributed by atoms with Gasteiger partial charge in [0.15, 0.2) is 5.11 Å². The molecule has 150 valence electrons. The highest BCUT2D eigenvalue weighted by Crippen LogP contribution is 2.41. The van der Waals surface area contributed by atoms with Crippen LogP contribution in [0.3, 0.4) is 0 Å². The molecule has 0 saturated carbocycles. The van der Waals surface area contributed by atoms with E-state index in [0.29, 0.717) is 6.04 Å². The molecule has 2 aromatic heterocycles. The third-order valence-corrected chi connectivity index (χ3v) is 6.14.